The summed E-state index contributed by atoms with van der Waals surface area (Å²) >= 11 is 5.87. The van der Waals surface area contributed by atoms with E-state index < -0.39 is 0 Å². The fourth-order valence-electron chi connectivity index (χ4n) is 3.85. The van der Waals surface area contributed by atoms with E-state index in [1.54, 1.807) is 24.3 Å². The van der Waals surface area contributed by atoms with E-state index in [9.17, 15) is 9.90 Å². The summed E-state index contributed by atoms with van der Waals surface area (Å²) in [6.45, 7) is 6.36. The number of aliphatic hydroxyl groups excluding tert-OH is 1. The van der Waals surface area contributed by atoms with Crippen LogP contribution in [0.1, 0.15) is 42.6 Å². The Balaban J connectivity index is 1.85. The summed E-state index contributed by atoms with van der Waals surface area (Å²) in [6, 6.07) is 8.97. The topological polar surface area (TPSA) is 86.3 Å². The van der Waals surface area contributed by atoms with Crippen LogP contribution >= 0.6 is 11.6 Å². The number of hydrogen-bond acceptors (Lipinski definition) is 5. The summed E-state index contributed by atoms with van der Waals surface area (Å²) < 4.78 is 0. The summed E-state index contributed by atoms with van der Waals surface area (Å²) in [4.78, 5) is 17.1. The molecule has 1 amide bonds. The minimum absolute atomic E-state index is 0.0744. The first-order chi connectivity index (χ1) is 14.0. The van der Waals surface area contributed by atoms with Crippen molar-refractivity contribution in [1.82, 2.24) is 10.3 Å². The van der Waals surface area contributed by atoms with Crippen molar-refractivity contribution in [3.05, 3.63) is 52.7 Å². The summed E-state index contributed by atoms with van der Waals surface area (Å²) in [5.74, 6) is 1.13. The number of nitrogens with one attached hydrogen (secondary N) is 3. The molecule has 4 N–H and O–H groups in total. The van der Waals surface area contributed by atoms with Crippen LogP contribution in [-0.4, -0.2) is 35.1 Å². The highest BCUT2D eigenvalue weighted by Crippen LogP contribution is 2.28. The highest BCUT2D eigenvalue weighted by atomic mass is 35.5. The third kappa shape index (κ3) is 5.69. The van der Waals surface area contributed by atoms with Crippen LogP contribution in [0.5, 0.6) is 0 Å². The highest BCUT2D eigenvalue weighted by molar-refractivity contribution is 6.30. The first kappa shape index (κ1) is 21.6. The van der Waals surface area contributed by atoms with Gasteiger partial charge in [0.1, 0.15) is 5.82 Å². The third-order valence-electron chi connectivity index (χ3n) is 5.41. The van der Waals surface area contributed by atoms with Crippen LogP contribution < -0.4 is 16.0 Å². The number of anilines is 2. The SMILES string of the molecule is CC(C)C(Nc1cc(CO)ccc1C(=O)Nc1ccc(Cl)cn1)C1CCNCC1. The number of aromatic nitrogens is 1. The van der Waals surface area contributed by atoms with E-state index in [0.717, 1.165) is 37.2 Å². The maximum Gasteiger partial charge on any atom is 0.258 e. The zero-order valence-corrected chi connectivity index (χ0v) is 17.7. The van der Waals surface area contributed by atoms with Gasteiger partial charge in [-0.25, -0.2) is 4.98 Å². The van der Waals surface area contributed by atoms with E-state index in [4.69, 9.17) is 11.6 Å². The molecule has 0 bridgehead atoms. The van der Waals surface area contributed by atoms with Gasteiger partial charge in [0.2, 0.25) is 0 Å². The van der Waals surface area contributed by atoms with E-state index in [1.807, 2.05) is 6.07 Å². The molecule has 7 heteroatoms. The molecule has 2 aromatic rings. The zero-order chi connectivity index (χ0) is 20.8. The van der Waals surface area contributed by atoms with Crippen LogP contribution in [-0.2, 0) is 6.61 Å². The minimum Gasteiger partial charge on any atom is -0.392 e. The van der Waals surface area contributed by atoms with Crippen LogP contribution in [0, 0.1) is 11.8 Å². The Hall–Kier alpha value is -2.15. The molecule has 1 fully saturated rings. The molecular formula is C22H29ClN4O2. The second-order valence-corrected chi connectivity index (χ2v) is 8.29. The molecule has 0 aliphatic carbocycles. The van der Waals surface area contributed by atoms with Gasteiger partial charge in [0.25, 0.3) is 5.91 Å². The lowest BCUT2D eigenvalue weighted by atomic mass is 9.83. The van der Waals surface area contributed by atoms with Crippen molar-refractivity contribution in [3.8, 4) is 0 Å². The smallest absolute Gasteiger partial charge is 0.258 e. The number of nitrogens with zero attached hydrogens (tertiary/aromatic N) is 1. The Kier molecular flexibility index (Phi) is 7.47. The third-order valence-corrected chi connectivity index (χ3v) is 5.64. The zero-order valence-electron chi connectivity index (χ0n) is 16.9. The van der Waals surface area contributed by atoms with Gasteiger partial charge in [0.15, 0.2) is 0 Å². The molecule has 1 aliphatic heterocycles. The van der Waals surface area contributed by atoms with Crippen molar-refractivity contribution in [2.75, 3.05) is 23.7 Å². The maximum atomic E-state index is 13.0. The number of aliphatic hydroxyl groups is 1. The van der Waals surface area contributed by atoms with Crippen molar-refractivity contribution in [3.63, 3.8) is 0 Å². The van der Waals surface area contributed by atoms with Crippen molar-refractivity contribution in [1.29, 1.82) is 0 Å². The van der Waals surface area contributed by atoms with Gasteiger partial charge in [-0.3, -0.25) is 4.79 Å². The van der Waals surface area contributed by atoms with Gasteiger partial charge in [0, 0.05) is 17.9 Å². The van der Waals surface area contributed by atoms with Crippen molar-refractivity contribution in [2.24, 2.45) is 11.8 Å². The van der Waals surface area contributed by atoms with E-state index in [2.05, 4.69) is 34.8 Å². The fraction of sp³-hybridized carbons (Fsp3) is 0.455. The second-order valence-electron chi connectivity index (χ2n) is 7.86. The Morgan fingerprint density at radius 1 is 1.28 bits per heavy atom. The average molecular weight is 417 g/mol. The van der Waals surface area contributed by atoms with Gasteiger partial charge in [-0.15, -0.1) is 0 Å². The summed E-state index contributed by atoms with van der Waals surface area (Å²) in [5, 5.41) is 20.0. The van der Waals surface area contributed by atoms with Gasteiger partial charge >= 0.3 is 0 Å². The molecule has 2 heterocycles. The normalized spacial score (nSPS) is 15.9. The van der Waals surface area contributed by atoms with Gasteiger partial charge in [-0.1, -0.05) is 31.5 Å². The lowest BCUT2D eigenvalue weighted by Gasteiger charge is -2.35. The lowest BCUT2D eigenvalue weighted by Crippen LogP contribution is -2.41. The Morgan fingerprint density at radius 2 is 2.03 bits per heavy atom. The van der Waals surface area contributed by atoms with E-state index in [-0.39, 0.29) is 18.6 Å². The first-order valence-electron chi connectivity index (χ1n) is 10.1. The number of piperidine rings is 1. The van der Waals surface area contributed by atoms with Crippen molar-refractivity contribution < 1.29 is 9.90 Å². The number of benzene rings is 1. The van der Waals surface area contributed by atoms with Crippen LogP contribution in [0.25, 0.3) is 0 Å². The Bertz CT molecular complexity index is 820. The van der Waals surface area contributed by atoms with Crippen LogP contribution in [0.3, 0.4) is 0 Å². The van der Waals surface area contributed by atoms with Crippen molar-refractivity contribution >= 4 is 29.0 Å². The van der Waals surface area contributed by atoms with Crippen LogP contribution in [0.15, 0.2) is 36.5 Å². The standard InChI is InChI=1S/C22H29ClN4O2/c1-14(2)21(16-7-9-24-10-8-16)26-19-11-15(13-28)3-5-18(19)22(29)27-20-6-4-17(23)12-25-20/h3-6,11-12,14,16,21,24,26,28H,7-10,13H2,1-2H3,(H,25,27,29). The van der Waals surface area contributed by atoms with Gasteiger partial charge in [-0.2, -0.15) is 0 Å². The molecule has 1 saturated heterocycles. The van der Waals surface area contributed by atoms with Gasteiger partial charge in [0.05, 0.1) is 17.2 Å². The van der Waals surface area contributed by atoms with Crippen molar-refractivity contribution in [2.45, 2.75) is 39.3 Å². The summed E-state index contributed by atoms with van der Waals surface area (Å²) in [5.41, 5.74) is 2.03. The molecular weight excluding hydrogens is 388 g/mol. The largest absolute Gasteiger partial charge is 0.392 e. The average Bonchev–Trinajstić information content (AvgIpc) is 2.73. The monoisotopic (exact) mass is 416 g/mol. The predicted molar refractivity (Wildman–Crippen MR) is 117 cm³/mol. The minimum atomic E-state index is -0.250. The molecule has 6 nitrogen and oxygen atoms in total. The van der Waals surface area contributed by atoms with Gasteiger partial charge in [-0.05, 0) is 67.6 Å². The van der Waals surface area contributed by atoms with Crippen LogP contribution in [0.2, 0.25) is 5.02 Å². The first-order valence-corrected chi connectivity index (χ1v) is 10.5. The number of amides is 1. The molecule has 1 aromatic carbocycles. The maximum absolute atomic E-state index is 13.0. The molecule has 1 unspecified atom stereocenters. The number of halogens is 1. The Morgan fingerprint density at radius 3 is 2.66 bits per heavy atom. The summed E-state index contributed by atoms with van der Waals surface area (Å²) in [6.07, 6.45) is 3.70. The van der Waals surface area contributed by atoms with Gasteiger partial charge < -0.3 is 21.1 Å². The number of carbonyl (C=O) groups excluding carboxylic acids is 1. The second kappa shape index (κ2) is 10.1. The fourth-order valence-corrected chi connectivity index (χ4v) is 3.96. The molecule has 0 saturated carbocycles. The Labute approximate surface area is 177 Å². The van der Waals surface area contributed by atoms with E-state index in [1.165, 1.54) is 6.20 Å². The predicted octanol–water partition coefficient (Wildman–Crippen LogP) is 3.92. The molecule has 1 atom stereocenters. The van der Waals surface area contributed by atoms with E-state index >= 15 is 0 Å². The lowest BCUT2D eigenvalue weighted by molar-refractivity contribution is 0.102. The molecule has 1 aromatic heterocycles. The number of hydrogen-bond donors (Lipinski definition) is 4. The van der Waals surface area contributed by atoms with E-state index in [0.29, 0.717) is 28.2 Å². The molecule has 1 aliphatic rings. The molecule has 0 radical (unpaired) electrons. The number of rotatable bonds is 7. The molecule has 29 heavy (non-hydrogen) atoms. The highest BCUT2D eigenvalue weighted by Gasteiger charge is 2.27. The summed E-state index contributed by atoms with van der Waals surface area (Å²) in [7, 11) is 0. The quantitative estimate of drug-likeness (QED) is 0.549. The molecule has 3 rings (SSSR count). The molecule has 156 valence electrons. The number of carbonyl (C=O) groups is 1. The molecule has 0 spiro atoms. The van der Waals surface area contributed by atoms with Crippen LogP contribution in [0.4, 0.5) is 11.5 Å². The number of pyridine rings is 1.